The van der Waals surface area contributed by atoms with Crippen LogP contribution in [0.4, 0.5) is 5.82 Å². The van der Waals surface area contributed by atoms with Crippen molar-refractivity contribution >= 4 is 17.4 Å². The van der Waals surface area contributed by atoms with Gasteiger partial charge in [-0.15, -0.1) is 0 Å². The maximum atomic E-state index is 6.18. The average molecular weight is 277 g/mol. The minimum Gasteiger partial charge on any atom is -0.308 e. The molecule has 2 rings (SSSR count). The first kappa shape index (κ1) is 13.8. The van der Waals surface area contributed by atoms with Gasteiger partial charge in [-0.2, -0.15) is 0 Å². The van der Waals surface area contributed by atoms with Crippen molar-refractivity contribution in [2.24, 2.45) is 11.8 Å². The maximum Gasteiger partial charge on any atom is 0.163 e. The molecule has 0 bridgehead atoms. The third kappa shape index (κ3) is 3.43. The highest BCUT2D eigenvalue weighted by Crippen LogP contribution is 2.26. The molecule has 0 saturated heterocycles. The van der Waals surface area contributed by atoms with Crippen LogP contribution in [0.15, 0.2) is 30.3 Å². The van der Waals surface area contributed by atoms with Crippen molar-refractivity contribution in [1.82, 2.24) is 9.97 Å². The lowest BCUT2D eigenvalue weighted by Crippen LogP contribution is -2.11. The van der Waals surface area contributed by atoms with E-state index in [2.05, 4.69) is 29.2 Å². The summed E-state index contributed by atoms with van der Waals surface area (Å²) in [5.41, 5.74) is 4.34. The van der Waals surface area contributed by atoms with Crippen LogP contribution in [0.1, 0.15) is 19.5 Å². The zero-order valence-electron chi connectivity index (χ0n) is 11.0. The molecule has 0 radical (unpaired) electrons. The van der Waals surface area contributed by atoms with Crippen LogP contribution in [0, 0.1) is 5.92 Å². The van der Waals surface area contributed by atoms with Crippen LogP contribution in [0.25, 0.3) is 11.4 Å². The number of benzene rings is 1. The number of nitrogens with zero attached hydrogens (tertiary/aromatic N) is 2. The first-order valence-electron chi connectivity index (χ1n) is 6.19. The van der Waals surface area contributed by atoms with Crippen LogP contribution in [-0.4, -0.2) is 9.97 Å². The highest BCUT2D eigenvalue weighted by atomic mass is 35.5. The topological polar surface area (TPSA) is 63.8 Å². The van der Waals surface area contributed by atoms with Gasteiger partial charge in [0.1, 0.15) is 5.82 Å². The molecular weight excluding hydrogens is 260 g/mol. The standard InChI is InChI=1S/C14H17ClN4/c1-9(2)7-10-8-13(19-16)18-14(17-10)11-5-3-4-6-12(11)15/h3-6,8-9H,7,16H2,1-2H3,(H,17,18,19). The van der Waals surface area contributed by atoms with E-state index < -0.39 is 0 Å². The number of halogens is 1. The minimum atomic E-state index is 0.514. The summed E-state index contributed by atoms with van der Waals surface area (Å²) in [7, 11) is 0. The zero-order chi connectivity index (χ0) is 13.8. The molecule has 2 aromatic rings. The van der Waals surface area contributed by atoms with Crippen molar-refractivity contribution in [3.63, 3.8) is 0 Å². The lowest BCUT2D eigenvalue weighted by Gasteiger charge is -2.10. The Morgan fingerprint density at radius 2 is 2.00 bits per heavy atom. The molecule has 0 saturated carbocycles. The highest BCUT2D eigenvalue weighted by Gasteiger charge is 2.10. The number of nitrogens with one attached hydrogen (secondary N) is 1. The third-order valence-corrected chi connectivity index (χ3v) is 2.99. The van der Waals surface area contributed by atoms with Gasteiger partial charge in [-0.3, -0.25) is 0 Å². The minimum absolute atomic E-state index is 0.514. The number of hydrazine groups is 1. The normalized spacial score (nSPS) is 10.8. The molecule has 0 aliphatic heterocycles. The van der Waals surface area contributed by atoms with Gasteiger partial charge in [-0.25, -0.2) is 15.8 Å². The molecule has 0 aliphatic carbocycles. The summed E-state index contributed by atoms with van der Waals surface area (Å²) < 4.78 is 0. The molecule has 1 aromatic heterocycles. The largest absolute Gasteiger partial charge is 0.308 e. The fourth-order valence-corrected chi connectivity index (χ4v) is 2.08. The summed E-state index contributed by atoms with van der Waals surface area (Å²) in [5.74, 6) is 7.17. The number of hydrogen-bond donors (Lipinski definition) is 2. The van der Waals surface area contributed by atoms with E-state index in [1.807, 2.05) is 30.3 Å². The predicted octanol–water partition coefficient (Wildman–Crippen LogP) is 3.28. The molecule has 0 atom stereocenters. The molecule has 0 unspecified atom stereocenters. The fourth-order valence-electron chi connectivity index (χ4n) is 1.86. The number of nitrogen functional groups attached to an aromatic ring is 1. The molecule has 0 amide bonds. The summed E-state index contributed by atoms with van der Waals surface area (Å²) >= 11 is 6.18. The van der Waals surface area contributed by atoms with E-state index in [1.54, 1.807) is 0 Å². The Hall–Kier alpha value is -1.65. The van der Waals surface area contributed by atoms with E-state index >= 15 is 0 Å². The quantitative estimate of drug-likeness (QED) is 0.664. The van der Waals surface area contributed by atoms with Gasteiger partial charge in [0.25, 0.3) is 0 Å². The second-order valence-corrected chi connectivity index (χ2v) is 5.20. The Morgan fingerprint density at radius 1 is 1.26 bits per heavy atom. The first-order valence-corrected chi connectivity index (χ1v) is 6.57. The van der Waals surface area contributed by atoms with Crippen molar-refractivity contribution in [1.29, 1.82) is 0 Å². The molecule has 100 valence electrons. The molecule has 19 heavy (non-hydrogen) atoms. The molecule has 0 fully saturated rings. The van der Waals surface area contributed by atoms with Gasteiger partial charge in [0.15, 0.2) is 5.82 Å². The summed E-state index contributed by atoms with van der Waals surface area (Å²) in [6.07, 6.45) is 0.870. The maximum absolute atomic E-state index is 6.18. The molecule has 3 N–H and O–H groups in total. The lowest BCUT2D eigenvalue weighted by atomic mass is 10.1. The molecule has 5 heteroatoms. The van der Waals surface area contributed by atoms with Crippen LogP contribution in [0.2, 0.25) is 5.02 Å². The zero-order valence-corrected chi connectivity index (χ0v) is 11.8. The van der Waals surface area contributed by atoms with Crippen LogP contribution in [-0.2, 0) is 6.42 Å². The van der Waals surface area contributed by atoms with Crippen molar-refractivity contribution in [3.8, 4) is 11.4 Å². The van der Waals surface area contributed by atoms with E-state index in [0.717, 1.165) is 17.7 Å². The average Bonchev–Trinajstić information content (AvgIpc) is 2.38. The summed E-state index contributed by atoms with van der Waals surface area (Å²) in [6, 6.07) is 9.38. The van der Waals surface area contributed by atoms with Crippen LogP contribution in [0.5, 0.6) is 0 Å². The van der Waals surface area contributed by atoms with Crippen LogP contribution in [0.3, 0.4) is 0 Å². The van der Waals surface area contributed by atoms with Crippen LogP contribution >= 0.6 is 11.6 Å². The fraction of sp³-hybridized carbons (Fsp3) is 0.286. The van der Waals surface area contributed by atoms with Gasteiger partial charge in [0, 0.05) is 17.3 Å². The Labute approximate surface area is 118 Å². The Morgan fingerprint density at radius 3 is 2.63 bits per heavy atom. The molecule has 1 aromatic carbocycles. The van der Waals surface area contributed by atoms with Crippen molar-refractivity contribution < 1.29 is 0 Å². The second-order valence-electron chi connectivity index (χ2n) is 4.79. The first-order chi connectivity index (χ1) is 9.10. The number of rotatable bonds is 4. The lowest BCUT2D eigenvalue weighted by molar-refractivity contribution is 0.635. The number of aromatic nitrogens is 2. The summed E-state index contributed by atoms with van der Waals surface area (Å²) in [6.45, 7) is 4.29. The van der Waals surface area contributed by atoms with Gasteiger partial charge in [-0.1, -0.05) is 37.6 Å². The van der Waals surface area contributed by atoms with Crippen molar-refractivity contribution in [3.05, 3.63) is 41.0 Å². The smallest absolute Gasteiger partial charge is 0.163 e. The van der Waals surface area contributed by atoms with Crippen molar-refractivity contribution in [2.45, 2.75) is 20.3 Å². The molecule has 0 aliphatic rings. The number of anilines is 1. The summed E-state index contributed by atoms with van der Waals surface area (Å²) in [4.78, 5) is 8.92. The SMILES string of the molecule is CC(C)Cc1cc(NN)nc(-c2ccccc2Cl)n1. The van der Waals surface area contributed by atoms with E-state index in [-0.39, 0.29) is 0 Å². The van der Waals surface area contributed by atoms with E-state index in [1.165, 1.54) is 0 Å². The Balaban J connectivity index is 2.48. The Kier molecular flexibility index (Phi) is 4.35. The van der Waals surface area contributed by atoms with Gasteiger partial charge in [0.2, 0.25) is 0 Å². The van der Waals surface area contributed by atoms with Crippen molar-refractivity contribution in [2.75, 3.05) is 5.43 Å². The Bertz CT molecular complexity index is 569. The highest BCUT2D eigenvalue weighted by molar-refractivity contribution is 6.33. The second kappa shape index (κ2) is 5.99. The molecule has 0 spiro atoms. The monoisotopic (exact) mass is 276 g/mol. The van der Waals surface area contributed by atoms with E-state index in [9.17, 15) is 0 Å². The van der Waals surface area contributed by atoms with Gasteiger partial charge in [-0.05, 0) is 24.5 Å². The molecule has 4 nitrogen and oxygen atoms in total. The van der Waals surface area contributed by atoms with Gasteiger partial charge < -0.3 is 5.43 Å². The van der Waals surface area contributed by atoms with E-state index in [0.29, 0.717) is 22.6 Å². The predicted molar refractivity (Wildman–Crippen MR) is 78.8 cm³/mol. The van der Waals surface area contributed by atoms with Gasteiger partial charge >= 0.3 is 0 Å². The number of hydrogen-bond acceptors (Lipinski definition) is 4. The van der Waals surface area contributed by atoms with Crippen LogP contribution < -0.4 is 11.3 Å². The van der Waals surface area contributed by atoms with E-state index in [4.69, 9.17) is 17.4 Å². The summed E-state index contributed by atoms with van der Waals surface area (Å²) in [5, 5.41) is 0.632. The third-order valence-electron chi connectivity index (χ3n) is 2.66. The number of nitrogens with two attached hydrogens (primary N) is 1. The molecule has 1 heterocycles. The van der Waals surface area contributed by atoms with Gasteiger partial charge in [0.05, 0.1) is 5.02 Å². The molecular formula is C14H17ClN4.